The van der Waals surface area contributed by atoms with Gasteiger partial charge in [0.25, 0.3) is 0 Å². The normalized spacial score (nSPS) is 20.4. The lowest BCUT2D eigenvalue weighted by Crippen LogP contribution is -2.47. The number of likely N-dealkylation sites (tertiary alicyclic amines) is 1. The van der Waals surface area contributed by atoms with Crippen LogP contribution in [0.3, 0.4) is 0 Å². The lowest BCUT2D eigenvalue weighted by Gasteiger charge is -2.34. The molecule has 1 aliphatic rings. The molecule has 1 saturated heterocycles. The average molecular weight is 280 g/mol. The molecule has 0 bridgehead atoms. The second-order valence-electron chi connectivity index (χ2n) is 6.63. The summed E-state index contributed by atoms with van der Waals surface area (Å²) in [5.74, 6) is 0.652. The van der Waals surface area contributed by atoms with Gasteiger partial charge in [0.1, 0.15) is 0 Å². The number of hydrogen-bond donors (Lipinski definition) is 2. The van der Waals surface area contributed by atoms with Crippen LogP contribution >= 0.6 is 0 Å². The fourth-order valence-electron chi connectivity index (χ4n) is 2.43. The molecule has 0 aliphatic carbocycles. The van der Waals surface area contributed by atoms with Crippen molar-refractivity contribution in [1.29, 1.82) is 5.26 Å². The number of nitrogens with one attached hydrogen (secondary N) is 2. The van der Waals surface area contributed by atoms with Crippen LogP contribution in [0.4, 0.5) is 0 Å². The second-order valence-corrected chi connectivity index (χ2v) is 6.63. The molecular formula is C15H28N4O. The zero-order valence-corrected chi connectivity index (χ0v) is 13.0. The number of amides is 1. The van der Waals surface area contributed by atoms with Crippen molar-refractivity contribution < 1.29 is 4.79 Å². The third kappa shape index (κ3) is 7.46. The van der Waals surface area contributed by atoms with Crippen LogP contribution in [0.2, 0.25) is 0 Å². The van der Waals surface area contributed by atoms with Crippen LogP contribution < -0.4 is 10.6 Å². The van der Waals surface area contributed by atoms with E-state index in [1.807, 2.05) is 6.07 Å². The van der Waals surface area contributed by atoms with Crippen molar-refractivity contribution in [3.8, 4) is 6.07 Å². The molecule has 0 saturated carbocycles. The molecule has 1 aliphatic heterocycles. The first kappa shape index (κ1) is 16.9. The van der Waals surface area contributed by atoms with Gasteiger partial charge in [-0.25, -0.2) is 0 Å². The van der Waals surface area contributed by atoms with Gasteiger partial charge < -0.3 is 10.6 Å². The van der Waals surface area contributed by atoms with Crippen LogP contribution in [0.1, 0.15) is 40.0 Å². The van der Waals surface area contributed by atoms with E-state index < -0.39 is 0 Å². The van der Waals surface area contributed by atoms with Crippen molar-refractivity contribution in [2.45, 2.75) is 45.6 Å². The van der Waals surface area contributed by atoms with Crippen LogP contribution in [0.15, 0.2) is 0 Å². The first-order valence-electron chi connectivity index (χ1n) is 7.52. The highest BCUT2D eigenvalue weighted by atomic mass is 16.2. The van der Waals surface area contributed by atoms with Crippen molar-refractivity contribution in [2.24, 2.45) is 5.92 Å². The Hall–Kier alpha value is -1.12. The molecule has 20 heavy (non-hydrogen) atoms. The smallest absolute Gasteiger partial charge is 0.234 e. The number of nitrogens with zero attached hydrogens (tertiary/aromatic N) is 2. The Morgan fingerprint density at radius 2 is 2.20 bits per heavy atom. The molecule has 0 radical (unpaired) electrons. The molecule has 0 aromatic rings. The number of nitriles is 1. The molecule has 0 aromatic carbocycles. The van der Waals surface area contributed by atoms with Gasteiger partial charge in [-0.3, -0.25) is 9.69 Å². The Bertz CT molecular complexity index is 343. The van der Waals surface area contributed by atoms with Gasteiger partial charge in [0.15, 0.2) is 0 Å². The Morgan fingerprint density at radius 3 is 2.85 bits per heavy atom. The van der Waals surface area contributed by atoms with E-state index in [-0.39, 0.29) is 11.4 Å². The zero-order chi connectivity index (χ0) is 15.0. The van der Waals surface area contributed by atoms with Gasteiger partial charge in [-0.1, -0.05) is 0 Å². The van der Waals surface area contributed by atoms with E-state index in [1.165, 1.54) is 6.42 Å². The Balaban J connectivity index is 2.26. The van der Waals surface area contributed by atoms with E-state index >= 15 is 0 Å². The van der Waals surface area contributed by atoms with Gasteiger partial charge in [-0.15, -0.1) is 0 Å². The summed E-state index contributed by atoms with van der Waals surface area (Å²) in [6, 6.07) is 2.03. The van der Waals surface area contributed by atoms with Crippen LogP contribution in [0, 0.1) is 17.2 Å². The number of rotatable bonds is 6. The van der Waals surface area contributed by atoms with Crippen molar-refractivity contribution >= 4 is 5.91 Å². The minimum Gasteiger partial charge on any atom is -0.354 e. The lowest BCUT2D eigenvalue weighted by atomic mass is 9.96. The van der Waals surface area contributed by atoms with E-state index in [2.05, 4.69) is 36.3 Å². The predicted molar refractivity (Wildman–Crippen MR) is 80.2 cm³/mol. The predicted octanol–water partition coefficient (Wildman–Crippen LogP) is 1.12. The highest BCUT2D eigenvalue weighted by Gasteiger charge is 2.22. The summed E-state index contributed by atoms with van der Waals surface area (Å²) in [6.45, 7) is 10.4. The van der Waals surface area contributed by atoms with Crippen molar-refractivity contribution in [2.75, 3.05) is 32.7 Å². The molecule has 2 N–H and O–H groups in total. The van der Waals surface area contributed by atoms with Crippen LogP contribution in [0.5, 0.6) is 0 Å². The Kier molecular flexibility index (Phi) is 6.97. The largest absolute Gasteiger partial charge is 0.354 e. The highest BCUT2D eigenvalue weighted by Crippen LogP contribution is 2.16. The molecule has 1 rings (SSSR count). The minimum atomic E-state index is 0.0321. The van der Waals surface area contributed by atoms with E-state index in [0.717, 1.165) is 26.1 Å². The van der Waals surface area contributed by atoms with Gasteiger partial charge in [0, 0.05) is 18.6 Å². The van der Waals surface area contributed by atoms with Gasteiger partial charge in [0.2, 0.25) is 5.91 Å². The average Bonchev–Trinajstić information content (AvgIpc) is 2.36. The summed E-state index contributed by atoms with van der Waals surface area (Å²) >= 11 is 0. The number of carbonyl (C=O) groups is 1. The maximum absolute atomic E-state index is 11.7. The van der Waals surface area contributed by atoms with Gasteiger partial charge in [-0.05, 0) is 52.6 Å². The second kappa shape index (κ2) is 8.23. The molecule has 5 heteroatoms. The molecule has 1 heterocycles. The molecule has 114 valence electrons. The minimum absolute atomic E-state index is 0.0321. The summed E-state index contributed by atoms with van der Waals surface area (Å²) in [6.07, 6.45) is 2.77. The van der Waals surface area contributed by atoms with Gasteiger partial charge >= 0.3 is 0 Å². The fraction of sp³-hybridized carbons (Fsp3) is 0.867. The SMILES string of the molecule is CC(C)(C)NCC1CCCN(CC(=O)NCCC#N)C1. The van der Waals surface area contributed by atoms with Crippen molar-refractivity contribution in [1.82, 2.24) is 15.5 Å². The van der Waals surface area contributed by atoms with Crippen molar-refractivity contribution in [3.63, 3.8) is 0 Å². The summed E-state index contributed by atoms with van der Waals surface area (Å²) in [5.41, 5.74) is 0.150. The Labute approximate surface area is 122 Å². The lowest BCUT2D eigenvalue weighted by molar-refractivity contribution is -0.122. The fourth-order valence-corrected chi connectivity index (χ4v) is 2.43. The van der Waals surface area contributed by atoms with Gasteiger partial charge in [-0.2, -0.15) is 5.26 Å². The molecule has 0 aromatic heterocycles. The van der Waals surface area contributed by atoms with Gasteiger partial charge in [0.05, 0.1) is 19.0 Å². The highest BCUT2D eigenvalue weighted by molar-refractivity contribution is 5.78. The molecule has 0 spiro atoms. The zero-order valence-electron chi connectivity index (χ0n) is 13.0. The first-order chi connectivity index (χ1) is 9.40. The summed E-state index contributed by atoms with van der Waals surface area (Å²) < 4.78 is 0. The van der Waals surface area contributed by atoms with Crippen molar-refractivity contribution in [3.05, 3.63) is 0 Å². The van der Waals surface area contributed by atoms with E-state index in [4.69, 9.17) is 5.26 Å². The standard InChI is InChI=1S/C15H28N4O/c1-15(2,3)18-10-13-6-4-9-19(11-13)12-14(20)17-8-5-7-16/h13,18H,4-6,8-12H2,1-3H3,(H,17,20). The first-order valence-corrected chi connectivity index (χ1v) is 7.52. The summed E-state index contributed by atoms with van der Waals surface area (Å²) in [4.78, 5) is 14.0. The maximum atomic E-state index is 11.7. The van der Waals surface area contributed by atoms with E-state index in [9.17, 15) is 4.79 Å². The third-order valence-electron chi connectivity index (χ3n) is 3.45. The third-order valence-corrected chi connectivity index (χ3v) is 3.45. The molecule has 1 fully saturated rings. The topological polar surface area (TPSA) is 68.2 Å². The van der Waals surface area contributed by atoms with Crippen LogP contribution in [-0.2, 0) is 4.79 Å². The molecular weight excluding hydrogens is 252 g/mol. The monoisotopic (exact) mass is 280 g/mol. The number of carbonyl (C=O) groups excluding carboxylic acids is 1. The van der Waals surface area contributed by atoms with Crippen LogP contribution in [-0.4, -0.2) is 49.1 Å². The van der Waals surface area contributed by atoms with E-state index in [0.29, 0.717) is 25.4 Å². The molecule has 1 amide bonds. The molecule has 1 unspecified atom stereocenters. The number of piperidine rings is 1. The quantitative estimate of drug-likeness (QED) is 0.715. The number of hydrogen-bond acceptors (Lipinski definition) is 4. The van der Waals surface area contributed by atoms with E-state index in [1.54, 1.807) is 0 Å². The van der Waals surface area contributed by atoms with Crippen LogP contribution in [0.25, 0.3) is 0 Å². The summed E-state index contributed by atoms with van der Waals surface area (Å²) in [7, 11) is 0. The molecule has 1 atom stereocenters. The maximum Gasteiger partial charge on any atom is 0.234 e. The molecule has 5 nitrogen and oxygen atoms in total. The Morgan fingerprint density at radius 1 is 1.45 bits per heavy atom. The summed E-state index contributed by atoms with van der Waals surface area (Å²) in [5, 5.41) is 14.8.